The van der Waals surface area contributed by atoms with Gasteiger partial charge in [0.2, 0.25) is 0 Å². The SMILES string of the molecule is CCC.CO.CO.CO.CO.CO.CO.CO.CO.CO.CO.O.O.O.O.O.O.O.O.O.O.O.O.O.c1ccc(Cc2cccc(COCc3cccc(Cc4ccccc4)c3)c2)cc1.c1ccc(Cc2cccc(Cc3cccc(Cc4ccccc4)c3)c2)cc1.c1ccc(Cc2cccc(Cc3cccc(Cc4ccccc4)c3)c2)cc1.c1ccccc1. The number of rotatable bonds is 20. The summed E-state index contributed by atoms with van der Waals surface area (Å²) in [6.45, 7) is 5.51. The highest BCUT2D eigenvalue weighted by Crippen LogP contribution is 2.21. The summed E-state index contributed by atoms with van der Waals surface area (Å²) in [7, 11) is 10.0. The molecule has 702 valence electrons. The Bertz CT molecular complexity index is 3720. The van der Waals surface area contributed by atoms with Crippen molar-refractivity contribution >= 4 is 0 Å². The molecule has 0 bridgehead atoms. The third kappa shape index (κ3) is 69.9. The Morgan fingerprint density at radius 3 is 0.352 bits per heavy atom. The Balaban J connectivity index is -0.0000000925. The maximum Gasteiger partial charge on any atom is 0.0721 e. The molecule has 0 amide bonds. The molecule has 0 aliphatic rings. The molecule has 0 saturated heterocycles. The van der Waals surface area contributed by atoms with Crippen molar-refractivity contribution in [1.29, 1.82) is 0 Å². The molecule has 24 nitrogen and oxygen atoms in total. The zero-order chi connectivity index (χ0) is 83.3. The number of benzene rings is 13. The monoisotopic (exact) mass is 1750 g/mol. The van der Waals surface area contributed by atoms with E-state index in [4.69, 9.17) is 55.8 Å². The van der Waals surface area contributed by atoms with E-state index in [0.29, 0.717) is 13.2 Å². The molecule has 0 aliphatic heterocycles. The molecule has 13 aromatic carbocycles. The average molecular weight is 1750 g/mol. The summed E-state index contributed by atoms with van der Waals surface area (Å²) in [5, 5.41) is 70.0. The standard InChI is InChI=1S/C28H26O.2C27H24.C6H6.C3H8.10CH4O.13H2O/c1-3-9-23(10-4-1)17-25-13-7-15-27(19-25)21-29-22-28-16-8-14-26(20-28)18-24-11-5-2-6-12-24;2*1-3-9-22(10-4-1)17-24-13-7-15-26(19-24)21-27-16-8-14-25(20-27)18-23-11-5-2-6-12-23;1-2-4-6-5-3-1;1-3-2;10*1-2;;;;;;;;;;;;;/h1-16,19-20H,17-18,21-22H2;2*1-16,19-20H,17-18,21H2;1-6H;3H2,1-2H3;10*2H,1H3;13*1H2. The molecule has 0 spiro atoms. The van der Waals surface area contributed by atoms with E-state index < -0.39 is 0 Å². The van der Waals surface area contributed by atoms with Gasteiger partial charge in [0.1, 0.15) is 0 Å². The lowest BCUT2D eigenvalue weighted by Crippen LogP contribution is -1.97. The first-order valence-corrected chi connectivity index (χ1v) is 37.2. The van der Waals surface area contributed by atoms with Crippen molar-refractivity contribution in [2.24, 2.45) is 0 Å². The van der Waals surface area contributed by atoms with Crippen molar-refractivity contribution in [3.8, 4) is 0 Å². The van der Waals surface area contributed by atoms with Crippen LogP contribution in [0.2, 0.25) is 0 Å². The molecule has 0 atom stereocenters. The molecule has 13 rings (SSSR count). The van der Waals surface area contributed by atoms with Crippen molar-refractivity contribution in [2.75, 3.05) is 71.1 Å². The second-order valence-corrected chi connectivity index (χ2v) is 23.6. The van der Waals surface area contributed by atoms with Crippen LogP contribution in [0.4, 0.5) is 0 Å². The predicted octanol–water partition coefficient (Wildman–Crippen LogP) is 7.97. The molecule has 36 N–H and O–H groups in total. The summed E-state index contributed by atoms with van der Waals surface area (Å²) in [6.07, 6.45) is 9.07. The predicted molar refractivity (Wildman–Crippen MR) is 519 cm³/mol. The van der Waals surface area contributed by atoms with Gasteiger partial charge in [0.15, 0.2) is 0 Å². The van der Waals surface area contributed by atoms with Crippen LogP contribution < -0.4 is 0 Å². The average Bonchev–Trinajstić information content (AvgIpc) is 0.865. The van der Waals surface area contributed by atoms with E-state index in [9.17, 15) is 0 Å². The summed E-state index contributed by atoms with van der Waals surface area (Å²) in [4.78, 5) is 0. The first-order chi connectivity index (χ1) is 55.5. The van der Waals surface area contributed by atoms with Crippen LogP contribution in [0.25, 0.3) is 0 Å². The largest absolute Gasteiger partial charge is 0.412 e. The number of ether oxygens (including phenoxy) is 1. The molecule has 0 fully saturated rings. The molecule has 0 aromatic heterocycles. The Labute approximate surface area is 743 Å². The molecular weight excluding hydrogens is 1600 g/mol. The van der Waals surface area contributed by atoms with Gasteiger partial charge in [0.25, 0.3) is 0 Å². The van der Waals surface area contributed by atoms with Crippen molar-refractivity contribution < 1.29 is 127 Å². The zero-order valence-corrected chi connectivity index (χ0v) is 74.8. The second kappa shape index (κ2) is 107. The van der Waals surface area contributed by atoms with Gasteiger partial charge in [-0.05, 0) is 152 Å². The summed E-state index contributed by atoms with van der Waals surface area (Å²) in [6, 6.07) is 129. The van der Waals surface area contributed by atoms with E-state index in [2.05, 4.69) is 341 Å². The van der Waals surface area contributed by atoms with Gasteiger partial charge in [0, 0.05) is 71.1 Å². The smallest absolute Gasteiger partial charge is 0.0721 e. The van der Waals surface area contributed by atoms with Gasteiger partial charge in [-0.15, -0.1) is 0 Å². The quantitative estimate of drug-likeness (QED) is 0.0349. The van der Waals surface area contributed by atoms with Gasteiger partial charge >= 0.3 is 0 Å². The number of hydrogen-bond acceptors (Lipinski definition) is 11. The Morgan fingerprint density at radius 2 is 0.224 bits per heavy atom. The summed E-state index contributed by atoms with van der Waals surface area (Å²) < 4.78 is 6.02. The fraction of sp³-hybridized carbons (Fsp3) is 0.228. The van der Waals surface area contributed by atoms with E-state index in [1.54, 1.807) is 0 Å². The second-order valence-electron chi connectivity index (χ2n) is 23.6. The van der Waals surface area contributed by atoms with E-state index in [0.717, 1.165) is 122 Å². The zero-order valence-electron chi connectivity index (χ0n) is 74.8. The van der Waals surface area contributed by atoms with Crippen molar-refractivity contribution in [3.05, 3.63) is 464 Å². The first-order valence-electron chi connectivity index (χ1n) is 37.2. The summed E-state index contributed by atoms with van der Waals surface area (Å²) in [5.41, 5.74) is 24.2. The molecule has 0 saturated carbocycles. The van der Waals surface area contributed by atoms with Crippen LogP contribution in [0.3, 0.4) is 0 Å². The number of aliphatic hydroxyl groups excluding tert-OH is 10. The highest BCUT2D eigenvalue weighted by atomic mass is 16.5. The van der Waals surface area contributed by atoms with E-state index >= 15 is 0 Å². The minimum absolute atomic E-state index is 0. The lowest BCUT2D eigenvalue weighted by molar-refractivity contribution is 0.107. The van der Waals surface area contributed by atoms with E-state index in [1.165, 1.54) is 107 Å². The van der Waals surface area contributed by atoms with Gasteiger partial charge in [-0.1, -0.05) is 384 Å². The maximum atomic E-state index is 7.00. The lowest BCUT2D eigenvalue weighted by atomic mass is 9.97. The Morgan fingerprint density at radius 1 is 0.136 bits per heavy atom. The van der Waals surface area contributed by atoms with Crippen LogP contribution >= 0.6 is 0 Å². The van der Waals surface area contributed by atoms with Gasteiger partial charge in [-0.2, -0.15) is 0 Å². The van der Waals surface area contributed by atoms with Gasteiger partial charge < -0.3 is 127 Å². The minimum Gasteiger partial charge on any atom is -0.412 e. The Hall–Kier alpha value is -11.1. The van der Waals surface area contributed by atoms with Crippen LogP contribution in [0.15, 0.2) is 364 Å². The van der Waals surface area contributed by atoms with Crippen molar-refractivity contribution in [2.45, 2.75) is 84.8 Å². The molecule has 0 unspecified atom stereocenters. The lowest BCUT2D eigenvalue weighted by Gasteiger charge is -2.09. The normalized spacial score (nSPS) is 8.11. The van der Waals surface area contributed by atoms with Gasteiger partial charge in [-0.3, -0.25) is 0 Å². The van der Waals surface area contributed by atoms with Crippen LogP contribution in [-0.4, -0.2) is 193 Å². The van der Waals surface area contributed by atoms with E-state index in [1.807, 2.05) is 36.4 Å². The van der Waals surface area contributed by atoms with Crippen molar-refractivity contribution in [1.82, 2.24) is 0 Å². The number of aliphatic hydroxyl groups is 10. The fourth-order valence-corrected chi connectivity index (χ4v) is 11.2. The molecule has 125 heavy (non-hydrogen) atoms. The highest BCUT2D eigenvalue weighted by molar-refractivity contribution is 5.39. The molecule has 0 heterocycles. The van der Waals surface area contributed by atoms with Crippen LogP contribution in [0, 0.1) is 0 Å². The maximum absolute atomic E-state index is 7.00. The summed E-state index contributed by atoms with van der Waals surface area (Å²) >= 11 is 0. The summed E-state index contributed by atoms with van der Waals surface area (Å²) in [5.74, 6) is 0. The molecule has 13 aromatic rings. The van der Waals surface area contributed by atoms with Crippen LogP contribution in [-0.2, 0) is 69.3 Å². The molecular formula is C101H154O24. The molecule has 0 aliphatic carbocycles. The van der Waals surface area contributed by atoms with Crippen LogP contribution in [0.1, 0.15) is 120 Å². The molecule has 0 radical (unpaired) electrons. The minimum atomic E-state index is 0. The Kier molecular flexibility index (Phi) is 127. The van der Waals surface area contributed by atoms with Gasteiger partial charge in [0.05, 0.1) is 13.2 Å². The topological polar surface area (TPSA) is 621 Å². The van der Waals surface area contributed by atoms with Crippen molar-refractivity contribution in [3.63, 3.8) is 0 Å². The molecule has 24 heteroatoms. The first kappa shape index (κ1) is 148. The van der Waals surface area contributed by atoms with E-state index in [-0.39, 0.29) is 71.2 Å². The van der Waals surface area contributed by atoms with Crippen LogP contribution in [0.5, 0.6) is 0 Å². The third-order valence-corrected chi connectivity index (χ3v) is 15.5. The third-order valence-electron chi connectivity index (χ3n) is 15.5. The van der Waals surface area contributed by atoms with Gasteiger partial charge in [-0.25, -0.2) is 0 Å². The number of hydrogen-bond donors (Lipinski definition) is 10. The fourth-order valence-electron chi connectivity index (χ4n) is 11.2. The highest BCUT2D eigenvalue weighted by Gasteiger charge is 2.07.